The lowest BCUT2D eigenvalue weighted by Crippen LogP contribution is -2.35. The number of nitrogens with zero attached hydrogens (tertiary/aromatic N) is 2. The Labute approximate surface area is 111 Å². The summed E-state index contributed by atoms with van der Waals surface area (Å²) in [6.45, 7) is 3.15. The van der Waals surface area contributed by atoms with Crippen LogP contribution in [0.15, 0.2) is 0 Å². The molecule has 0 heterocycles. The Balaban J connectivity index is 3.98. The van der Waals surface area contributed by atoms with Crippen LogP contribution in [-0.2, 0) is 9.53 Å². The van der Waals surface area contributed by atoms with Crippen LogP contribution in [0.3, 0.4) is 0 Å². The van der Waals surface area contributed by atoms with Gasteiger partial charge in [0.25, 0.3) is 0 Å². The van der Waals surface area contributed by atoms with Crippen LogP contribution < -0.4 is 0 Å². The Morgan fingerprint density at radius 3 is 2.39 bits per heavy atom. The van der Waals surface area contributed by atoms with Gasteiger partial charge in [0, 0.05) is 33.2 Å². The Morgan fingerprint density at radius 1 is 1.11 bits per heavy atom. The van der Waals surface area contributed by atoms with Gasteiger partial charge in [0.1, 0.15) is 0 Å². The minimum absolute atomic E-state index is 0.159. The number of carbonyl (C=O) groups is 1. The number of unbranched alkanes of at least 4 members (excludes halogenated alkanes) is 1. The predicted molar refractivity (Wildman–Crippen MR) is 72.6 cm³/mol. The highest BCUT2D eigenvalue weighted by atomic mass is 16.5. The van der Waals surface area contributed by atoms with Gasteiger partial charge in [-0.2, -0.15) is 0 Å². The van der Waals surface area contributed by atoms with Crippen molar-refractivity contribution in [2.24, 2.45) is 0 Å². The maximum atomic E-state index is 12.0. The van der Waals surface area contributed by atoms with Gasteiger partial charge in [0.05, 0.1) is 6.61 Å². The van der Waals surface area contributed by atoms with Crippen molar-refractivity contribution < 1.29 is 14.6 Å². The molecule has 5 nitrogen and oxygen atoms in total. The summed E-state index contributed by atoms with van der Waals surface area (Å²) in [4.78, 5) is 16.0. The fraction of sp³-hybridized carbons (Fsp3) is 0.923. The molecule has 18 heavy (non-hydrogen) atoms. The molecular formula is C13H28N2O3. The number of rotatable bonds is 11. The third-order valence-electron chi connectivity index (χ3n) is 2.75. The molecule has 5 heteroatoms. The van der Waals surface area contributed by atoms with Crippen molar-refractivity contribution in [3.8, 4) is 0 Å². The first-order valence-electron chi connectivity index (χ1n) is 6.64. The molecule has 0 spiro atoms. The molecule has 0 atom stereocenters. The zero-order valence-electron chi connectivity index (χ0n) is 12.0. The van der Waals surface area contributed by atoms with E-state index < -0.39 is 0 Å². The zero-order chi connectivity index (χ0) is 13.8. The smallest absolute Gasteiger partial charge is 0.222 e. The van der Waals surface area contributed by atoms with Gasteiger partial charge < -0.3 is 19.6 Å². The fourth-order valence-electron chi connectivity index (χ4n) is 1.69. The normalized spacial score (nSPS) is 10.9. The number of aliphatic hydroxyl groups is 1. The van der Waals surface area contributed by atoms with Crippen molar-refractivity contribution in [1.82, 2.24) is 9.80 Å². The quantitative estimate of drug-likeness (QED) is 0.552. The summed E-state index contributed by atoms with van der Waals surface area (Å²) >= 11 is 0. The van der Waals surface area contributed by atoms with Crippen molar-refractivity contribution in [2.45, 2.75) is 25.7 Å². The summed E-state index contributed by atoms with van der Waals surface area (Å²) in [5.41, 5.74) is 0. The molecule has 1 N–H and O–H groups in total. The molecule has 0 aliphatic heterocycles. The van der Waals surface area contributed by atoms with Crippen LogP contribution in [0.4, 0.5) is 0 Å². The monoisotopic (exact) mass is 260 g/mol. The molecule has 0 radical (unpaired) electrons. The first-order valence-corrected chi connectivity index (χ1v) is 6.64. The van der Waals surface area contributed by atoms with E-state index in [1.165, 1.54) is 0 Å². The van der Waals surface area contributed by atoms with E-state index in [1.54, 1.807) is 7.11 Å². The molecular weight excluding hydrogens is 232 g/mol. The average molecular weight is 260 g/mol. The molecule has 0 saturated carbocycles. The van der Waals surface area contributed by atoms with Crippen LogP contribution in [-0.4, -0.2) is 74.9 Å². The minimum Gasteiger partial charge on any atom is -0.396 e. The zero-order valence-corrected chi connectivity index (χ0v) is 12.0. The van der Waals surface area contributed by atoms with Gasteiger partial charge in [-0.3, -0.25) is 4.79 Å². The Bertz CT molecular complexity index is 210. The number of methoxy groups -OCH3 is 1. The molecule has 0 rings (SSSR count). The number of aliphatic hydroxyl groups excluding tert-OH is 1. The van der Waals surface area contributed by atoms with Crippen LogP contribution in [0.25, 0.3) is 0 Å². The van der Waals surface area contributed by atoms with Crippen LogP contribution in [0.2, 0.25) is 0 Å². The lowest BCUT2D eigenvalue weighted by molar-refractivity contribution is -0.132. The van der Waals surface area contributed by atoms with E-state index in [2.05, 4.69) is 4.90 Å². The van der Waals surface area contributed by atoms with E-state index in [-0.39, 0.29) is 12.5 Å². The van der Waals surface area contributed by atoms with Crippen molar-refractivity contribution >= 4 is 5.91 Å². The first-order chi connectivity index (χ1) is 8.61. The Hall–Kier alpha value is -0.650. The average Bonchev–Trinajstić information content (AvgIpc) is 2.33. The Kier molecular flexibility index (Phi) is 11.0. The topological polar surface area (TPSA) is 53.0 Å². The maximum Gasteiger partial charge on any atom is 0.222 e. The summed E-state index contributed by atoms with van der Waals surface area (Å²) in [6, 6.07) is 0. The molecule has 0 unspecified atom stereocenters. The second-order valence-corrected chi connectivity index (χ2v) is 4.71. The van der Waals surface area contributed by atoms with E-state index in [0.717, 1.165) is 25.9 Å². The highest BCUT2D eigenvalue weighted by Gasteiger charge is 2.12. The summed E-state index contributed by atoms with van der Waals surface area (Å²) < 4.78 is 5.03. The standard InChI is InChI=1S/C13H28N2O3/c1-14(2)8-6-9-15(10-12-18-3)13(17)7-4-5-11-16/h16H,4-12H2,1-3H3. The highest BCUT2D eigenvalue weighted by molar-refractivity contribution is 5.76. The lowest BCUT2D eigenvalue weighted by atomic mass is 10.2. The summed E-state index contributed by atoms with van der Waals surface area (Å²) in [5, 5.41) is 8.71. The van der Waals surface area contributed by atoms with Gasteiger partial charge in [-0.25, -0.2) is 0 Å². The second-order valence-electron chi connectivity index (χ2n) is 4.71. The van der Waals surface area contributed by atoms with Gasteiger partial charge in [-0.15, -0.1) is 0 Å². The van der Waals surface area contributed by atoms with Crippen LogP contribution >= 0.6 is 0 Å². The SMILES string of the molecule is COCCN(CCCN(C)C)C(=O)CCCCO. The summed E-state index contributed by atoms with van der Waals surface area (Å²) in [7, 11) is 5.71. The van der Waals surface area contributed by atoms with E-state index in [4.69, 9.17) is 9.84 Å². The fourth-order valence-corrected chi connectivity index (χ4v) is 1.69. The van der Waals surface area contributed by atoms with Crippen molar-refractivity contribution in [2.75, 3.05) is 54.1 Å². The third-order valence-corrected chi connectivity index (χ3v) is 2.75. The molecule has 108 valence electrons. The largest absolute Gasteiger partial charge is 0.396 e. The van der Waals surface area contributed by atoms with Gasteiger partial charge in [-0.1, -0.05) is 0 Å². The number of hydrogen-bond donors (Lipinski definition) is 1. The Morgan fingerprint density at radius 2 is 1.83 bits per heavy atom. The van der Waals surface area contributed by atoms with Crippen LogP contribution in [0.5, 0.6) is 0 Å². The maximum absolute atomic E-state index is 12.0. The molecule has 0 aliphatic rings. The van der Waals surface area contributed by atoms with Crippen molar-refractivity contribution in [3.63, 3.8) is 0 Å². The third kappa shape index (κ3) is 9.39. The number of ether oxygens (including phenoxy) is 1. The molecule has 0 aromatic rings. The summed E-state index contributed by atoms with van der Waals surface area (Å²) in [6.07, 6.45) is 2.95. The first kappa shape index (κ1) is 17.4. The van der Waals surface area contributed by atoms with Gasteiger partial charge in [0.15, 0.2) is 0 Å². The minimum atomic E-state index is 0.159. The van der Waals surface area contributed by atoms with Gasteiger partial charge in [-0.05, 0) is 39.9 Å². The van der Waals surface area contributed by atoms with Crippen LogP contribution in [0, 0.1) is 0 Å². The van der Waals surface area contributed by atoms with Crippen molar-refractivity contribution in [1.29, 1.82) is 0 Å². The van der Waals surface area contributed by atoms with E-state index >= 15 is 0 Å². The molecule has 0 aliphatic carbocycles. The summed E-state index contributed by atoms with van der Waals surface area (Å²) in [5.74, 6) is 0.166. The second kappa shape index (κ2) is 11.4. The lowest BCUT2D eigenvalue weighted by Gasteiger charge is -2.23. The molecule has 0 aromatic heterocycles. The number of amides is 1. The van der Waals surface area contributed by atoms with E-state index in [1.807, 2.05) is 19.0 Å². The predicted octanol–water partition coefficient (Wildman–Crippen LogP) is 0.576. The molecule has 0 aromatic carbocycles. The molecule has 0 bridgehead atoms. The van der Waals surface area contributed by atoms with Crippen molar-refractivity contribution in [3.05, 3.63) is 0 Å². The molecule has 0 saturated heterocycles. The van der Waals surface area contributed by atoms with Crippen LogP contribution in [0.1, 0.15) is 25.7 Å². The van der Waals surface area contributed by atoms with Gasteiger partial charge in [0.2, 0.25) is 5.91 Å². The molecule has 0 fully saturated rings. The highest BCUT2D eigenvalue weighted by Crippen LogP contribution is 2.02. The van der Waals surface area contributed by atoms with E-state index in [0.29, 0.717) is 26.0 Å². The van der Waals surface area contributed by atoms with Gasteiger partial charge >= 0.3 is 0 Å². The van der Waals surface area contributed by atoms with E-state index in [9.17, 15) is 4.79 Å². The number of hydrogen-bond acceptors (Lipinski definition) is 4. The number of carbonyl (C=O) groups excluding carboxylic acids is 1. The molecule has 1 amide bonds.